The number of para-hydroxylation sites is 1. The highest BCUT2D eigenvalue weighted by Gasteiger charge is 1.92. The van der Waals surface area contributed by atoms with E-state index in [2.05, 4.69) is 4.72 Å². The fourth-order valence-corrected chi connectivity index (χ4v) is 1.07. The minimum atomic E-state index is -1.95. The lowest BCUT2D eigenvalue weighted by atomic mass is 10.3. The Morgan fingerprint density at radius 1 is 1.38 bits per heavy atom. The summed E-state index contributed by atoms with van der Waals surface area (Å²) in [5.74, 6) is 0.757. The van der Waals surface area contributed by atoms with E-state index in [0.717, 1.165) is 5.75 Å². The van der Waals surface area contributed by atoms with Crippen LogP contribution in [-0.4, -0.2) is 21.9 Å². The SMILES string of the molecule is O=S(O)NCCOc1ccccc1. The van der Waals surface area contributed by atoms with Crippen molar-refractivity contribution in [2.45, 2.75) is 0 Å². The molecule has 0 heterocycles. The first-order valence-corrected chi connectivity index (χ1v) is 4.92. The molecule has 1 aromatic rings. The van der Waals surface area contributed by atoms with Gasteiger partial charge in [-0.15, -0.1) is 0 Å². The van der Waals surface area contributed by atoms with Crippen LogP contribution >= 0.6 is 0 Å². The van der Waals surface area contributed by atoms with Gasteiger partial charge in [0.15, 0.2) is 0 Å². The lowest BCUT2D eigenvalue weighted by molar-refractivity contribution is 0.322. The summed E-state index contributed by atoms with van der Waals surface area (Å²) < 4.78 is 26.1. The molecule has 0 aromatic heterocycles. The average Bonchev–Trinajstić information content (AvgIpc) is 2.14. The van der Waals surface area contributed by atoms with E-state index in [1.165, 1.54) is 0 Å². The van der Waals surface area contributed by atoms with Gasteiger partial charge in [-0.1, -0.05) is 18.2 Å². The number of hydrogen-bond acceptors (Lipinski definition) is 2. The van der Waals surface area contributed by atoms with Crippen LogP contribution in [0.3, 0.4) is 0 Å². The van der Waals surface area contributed by atoms with Gasteiger partial charge in [0.1, 0.15) is 12.4 Å². The molecule has 72 valence electrons. The summed E-state index contributed by atoms with van der Waals surface area (Å²) >= 11 is -1.95. The standard InChI is InChI=1S/C8H11NO3S/c10-13(11)9-6-7-12-8-4-2-1-3-5-8/h1-5,9H,6-7H2,(H,10,11). The maximum atomic E-state index is 10.2. The van der Waals surface area contributed by atoms with Crippen molar-refractivity contribution in [2.24, 2.45) is 0 Å². The first kappa shape index (κ1) is 10.2. The van der Waals surface area contributed by atoms with Crippen LogP contribution in [0.1, 0.15) is 0 Å². The Kier molecular flexibility index (Phi) is 4.45. The first-order chi connectivity index (χ1) is 6.29. The summed E-state index contributed by atoms with van der Waals surface area (Å²) in [6, 6.07) is 9.29. The lowest BCUT2D eigenvalue weighted by Crippen LogP contribution is -2.22. The second-order valence-electron chi connectivity index (χ2n) is 2.31. The van der Waals surface area contributed by atoms with E-state index in [-0.39, 0.29) is 0 Å². The highest BCUT2D eigenvalue weighted by atomic mass is 32.2. The van der Waals surface area contributed by atoms with E-state index in [1.54, 1.807) is 0 Å². The van der Waals surface area contributed by atoms with Crippen LogP contribution in [0.4, 0.5) is 0 Å². The third-order valence-corrected chi connectivity index (χ3v) is 1.79. The molecule has 1 rings (SSSR count). The van der Waals surface area contributed by atoms with Crippen LogP contribution in [0.5, 0.6) is 5.75 Å². The fourth-order valence-electron chi connectivity index (χ4n) is 0.815. The molecule has 0 aliphatic heterocycles. The highest BCUT2D eigenvalue weighted by Crippen LogP contribution is 2.07. The third kappa shape index (κ3) is 4.62. The van der Waals surface area contributed by atoms with Crippen LogP contribution in [0, 0.1) is 0 Å². The molecule has 0 saturated carbocycles. The molecule has 0 radical (unpaired) electrons. The monoisotopic (exact) mass is 201 g/mol. The van der Waals surface area contributed by atoms with Crippen molar-refractivity contribution in [1.29, 1.82) is 0 Å². The molecule has 1 atom stereocenters. The average molecular weight is 201 g/mol. The highest BCUT2D eigenvalue weighted by molar-refractivity contribution is 7.77. The maximum Gasteiger partial charge on any atom is 0.231 e. The molecule has 2 N–H and O–H groups in total. The molecular weight excluding hydrogens is 190 g/mol. The van der Waals surface area contributed by atoms with Crippen molar-refractivity contribution in [3.63, 3.8) is 0 Å². The number of benzene rings is 1. The number of rotatable bonds is 5. The fraction of sp³-hybridized carbons (Fsp3) is 0.250. The van der Waals surface area contributed by atoms with Crippen LogP contribution in [0.15, 0.2) is 30.3 Å². The molecule has 0 fully saturated rings. The van der Waals surface area contributed by atoms with Gasteiger partial charge < -0.3 is 4.74 Å². The predicted octanol–water partition coefficient (Wildman–Crippen LogP) is 0.792. The van der Waals surface area contributed by atoms with Gasteiger partial charge in [-0.05, 0) is 12.1 Å². The van der Waals surface area contributed by atoms with Crippen molar-refractivity contribution >= 4 is 11.3 Å². The summed E-state index contributed by atoms with van der Waals surface area (Å²) in [6.07, 6.45) is 0. The number of ether oxygens (including phenoxy) is 1. The van der Waals surface area contributed by atoms with Crippen molar-refractivity contribution in [3.05, 3.63) is 30.3 Å². The van der Waals surface area contributed by atoms with Gasteiger partial charge in [-0.25, -0.2) is 8.93 Å². The smallest absolute Gasteiger partial charge is 0.231 e. The van der Waals surface area contributed by atoms with Gasteiger partial charge in [0.05, 0.1) is 0 Å². The van der Waals surface area contributed by atoms with E-state index >= 15 is 0 Å². The Bertz CT molecular complexity index is 265. The van der Waals surface area contributed by atoms with Gasteiger partial charge in [0.25, 0.3) is 0 Å². The van der Waals surface area contributed by atoms with Crippen molar-refractivity contribution in [1.82, 2.24) is 4.72 Å². The normalized spacial score (nSPS) is 12.4. The zero-order valence-electron chi connectivity index (χ0n) is 6.97. The van der Waals surface area contributed by atoms with E-state index in [9.17, 15) is 4.21 Å². The summed E-state index contributed by atoms with van der Waals surface area (Å²) in [5.41, 5.74) is 0. The van der Waals surface area contributed by atoms with E-state index in [1.807, 2.05) is 30.3 Å². The summed E-state index contributed by atoms with van der Waals surface area (Å²) in [5, 5.41) is 0. The van der Waals surface area contributed by atoms with Crippen molar-refractivity contribution < 1.29 is 13.5 Å². The molecule has 4 nitrogen and oxygen atoms in total. The maximum absolute atomic E-state index is 10.2. The second-order valence-corrected chi connectivity index (χ2v) is 3.09. The van der Waals surface area contributed by atoms with E-state index in [4.69, 9.17) is 9.29 Å². The first-order valence-electron chi connectivity index (χ1n) is 3.81. The zero-order chi connectivity index (χ0) is 9.52. The summed E-state index contributed by atoms with van der Waals surface area (Å²) in [6.45, 7) is 0.717. The number of nitrogens with one attached hydrogen (secondary N) is 1. The quantitative estimate of drug-likeness (QED) is 0.547. The summed E-state index contributed by atoms with van der Waals surface area (Å²) in [7, 11) is 0. The van der Waals surface area contributed by atoms with E-state index < -0.39 is 11.3 Å². The lowest BCUT2D eigenvalue weighted by Gasteiger charge is -2.04. The molecule has 1 aromatic carbocycles. The zero-order valence-corrected chi connectivity index (χ0v) is 7.79. The van der Waals surface area contributed by atoms with Crippen molar-refractivity contribution in [3.8, 4) is 5.75 Å². The Morgan fingerprint density at radius 2 is 2.08 bits per heavy atom. The molecule has 0 spiro atoms. The Balaban J connectivity index is 2.17. The van der Waals surface area contributed by atoms with Crippen LogP contribution in [0.2, 0.25) is 0 Å². The van der Waals surface area contributed by atoms with Gasteiger partial charge in [-0.3, -0.25) is 4.55 Å². The van der Waals surface area contributed by atoms with Gasteiger partial charge in [0, 0.05) is 6.54 Å². The molecule has 0 amide bonds. The summed E-state index contributed by atoms with van der Waals surface area (Å²) in [4.78, 5) is 0. The Morgan fingerprint density at radius 3 is 2.69 bits per heavy atom. The molecule has 1 unspecified atom stereocenters. The Hall–Kier alpha value is -0.910. The van der Waals surface area contributed by atoms with Crippen molar-refractivity contribution in [2.75, 3.05) is 13.2 Å². The Labute approximate surface area is 79.3 Å². The van der Waals surface area contributed by atoms with Gasteiger partial charge in [-0.2, -0.15) is 0 Å². The van der Waals surface area contributed by atoms with Gasteiger partial charge in [0.2, 0.25) is 11.3 Å². The van der Waals surface area contributed by atoms with Gasteiger partial charge >= 0.3 is 0 Å². The minimum Gasteiger partial charge on any atom is -0.492 e. The molecule has 0 aliphatic carbocycles. The second kappa shape index (κ2) is 5.69. The molecule has 0 aliphatic rings. The minimum absolute atomic E-state index is 0.345. The molecule has 13 heavy (non-hydrogen) atoms. The molecule has 0 bridgehead atoms. The third-order valence-electron chi connectivity index (χ3n) is 1.34. The van der Waals surface area contributed by atoms with Crippen LogP contribution in [-0.2, 0) is 11.3 Å². The largest absolute Gasteiger partial charge is 0.492 e. The van der Waals surface area contributed by atoms with E-state index in [0.29, 0.717) is 13.2 Å². The van der Waals surface area contributed by atoms with Crippen LogP contribution < -0.4 is 9.46 Å². The molecule has 0 saturated heterocycles. The molecular formula is C8H11NO3S. The topological polar surface area (TPSA) is 58.6 Å². The molecule has 5 heteroatoms. The van der Waals surface area contributed by atoms with Crippen LogP contribution in [0.25, 0.3) is 0 Å². The predicted molar refractivity (Wildman–Crippen MR) is 50.7 cm³/mol. The number of hydrogen-bond donors (Lipinski definition) is 2.